The summed E-state index contributed by atoms with van der Waals surface area (Å²) in [6.45, 7) is 5.90. The highest BCUT2D eigenvalue weighted by Gasteiger charge is 2.22. The molecule has 0 spiro atoms. The van der Waals surface area contributed by atoms with E-state index in [1.807, 2.05) is 0 Å². The van der Waals surface area contributed by atoms with E-state index in [0.29, 0.717) is 18.0 Å². The van der Waals surface area contributed by atoms with Crippen LogP contribution in [0, 0.1) is 5.82 Å². The van der Waals surface area contributed by atoms with Gasteiger partial charge in [0.15, 0.2) is 0 Å². The van der Waals surface area contributed by atoms with Gasteiger partial charge in [-0.15, -0.1) is 0 Å². The van der Waals surface area contributed by atoms with E-state index >= 15 is 0 Å². The van der Waals surface area contributed by atoms with Crippen LogP contribution in [0.5, 0.6) is 5.75 Å². The Kier molecular flexibility index (Phi) is 6.84. The predicted molar refractivity (Wildman–Crippen MR) is 106 cm³/mol. The maximum atomic E-state index is 13.0. The minimum Gasteiger partial charge on any atom is -0.491 e. The van der Waals surface area contributed by atoms with Crippen LogP contribution in [-0.4, -0.2) is 56.4 Å². The zero-order valence-electron chi connectivity index (χ0n) is 16.0. The van der Waals surface area contributed by atoms with Crippen molar-refractivity contribution in [3.05, 3.63) is 54.3 Å². The molecule has 1 saturated heterocycles. The number of nitrogens with one attached hydrogen (secondary N) is 2. The van der Waals surface area contributed by atoms with Crippen molar-refractivity contribution in [1.29, 1.82) is 0 Å². The molecule has 150 valence electrons. The number of ether oxygens (including phenoxy) is 1. The van der Waals surface area contributed by atoms with Gasteiger partial charge in [-0.3, -0.25) is 4.79 Å². The van der Waals surface area contributed by atoms with Gasteiger partial charge in [-0.1, -0.05) is 0 Å². The number of aliphatic hydroxyl groups is 1. The number of aliphatic hydroxyl groups excluding tert-OH is 1. The number of hydrogen-bond donors (Lipinski definition) is 3. The van der Waals surface area contributed by atoms with E-state index in [4.69, 9.17) is 4.74 Å². The Bertz CT molecular complexity index is 759. The molecule has 0 saturated carbocycles. The molecule has 1 aliphatic heterocycles. The molecule has 7 heteroatoms. The van der Waals surface area contributed by atoms with Crippen molar-refractivity contribution in [1.82, 2.24) is 0 Å². The lowest BCUT2D eigenvalue weighted by atomic mass is 10.2. The Balaban J connectivity index is 1.39. The Hall–Kier alpha value is -2.64. The third-order valence-electron chi connectivity index (χ3n) is 4.80. The summed E-state index contributed by atoms with van der Waals surface area (Å²) < 4.78 is 18.7. The van der Waals surface area contributed by atoms with Crippen molar-refractivity contribution >= 4 is 17.3 Å². The fourth-order valence-electron chi connectivity index (χ4n) is 3.36. The van der Waals surface area contributed by atoms with E-state index in [2.05, 4.69) is 10.2 Å². The lowest BCUT2D eigenvalue weighted by molar-refractivity contribution is -0.903. The molecule has 3 N–H and O–H groups in total. The van der Waals surface area contributed by atoms with Crippen LogP contribution in [0.4, 0.5) is 15.8 Å². The van der Waals surface area contributed by atoms with Gasteiger partial charge in [0.05, 0.1) is 26.2 Å². The van der Waals surface area contributed by atoms with Crippen LogP contribution in [0.15, 0.2) is 48.5 Å². The van der Waals surface area contributed by atoms with Gasteiger partial charge >= 0.3 is 0 Å². The van der Waals surface area contributed by atoms with Crippen molar-refractivity contribution in [2.45, 2.75) is 13.0 Å². The summed E-state index contributed by atoms with van der Waals surface area (Å²) in [5.41, 5.74) is 1.75. The summed E-state index contributed by atoms with van der Waals surface area (Å²) in [5.74, 6) is 0.316. The van der Waals surface area contributed by atoms with E-state index in [1.54, 1.807) is 36.4 Å². The highest BCUT2D eigenvalue weighted by atomic mass is 19.1. The molecular formula is C21H27FN3O3+. The third-order valence-corrected chi connectivity index (χ3v) is 4.80. The van der Waals surface area contributed by atoms with Crippen LogP contribution >= 0.6 is 0 Å². The zero-order chi connectivity index (χ0) is 19.9. The second-order valence-corrected chi connectivity index (χ2v) is 7.09. The Morgan fingerprint density at radius 1 is 1.18 bits per heavy atom. The molecule has 6 nitrogen and oxygen atoms in total. The highest BCUT2D eigenvalue weighted by Crippen LogP contribution is 2.16. The molecule has 2 aromatic rings. The molecule has 0 unspecified atom stereocenters. The van der Waals surface area contributed by atoms with Crippen molar-refractivity contribution in [2.24, 2.45) is 0 Å². The molecule has 2 aromatic carbocycles. The molecule has 1 amide bonds. The summed E-state index contributed by atoms with van der Waals surface area (Å²) in [6.07, 6.45) is -0.553. The minimum absolute atomic E-state index is 0.119. The average molecular weight is 388 g/mol. The smallest absolute Gasteiger partial charge is 0.221 e. The number of anilines is 2. The quantitative estimate of drug-likeness (QED) is 0.660. The fraction of sp³-hybridized carbons (Fsp3) is 0.381. The molecule has 0 aromatic heterocycles. The first-order valence-electron chi connectivity index (χ1n) is 9.52. The number of benzene rings is 2. The largest absolute Gasteiger partial charge is 0.491 e. The monoisotopic (exact) mass is 388 g/mol. The van der Waals surface area contributed by atoms with Crippen LogP contribution in [0.1, 0.15) is 6.92 Å². The van der Waals surface area contributed by atoms with Crippen LogP contribution in [0.2, 0.25) is 0 Å². The molecule has 1 fully saturated rings. The molecule has 3 rings (SSSR count). The third kappa shape index (κ3) is 5.94. The second kappa shape index (κ2) is 9.52. The average Bonchev–Trinajstić information content (AvgIpc) is 2.68. The predicted octanol–water partition coefficient (Wildman–Crippen LogP) is 0.929. The standard InChI is InChI=1S/C21H26FN3O3/c1-16(26)23-18-4-8-21(9-5-18)28-15-20(27)14-24-10-12-25(13-11-24)19-6-2-17(22)3-7-19/h2-9,20,27H,10-15H2,1H3,(H,23,26)/p+1/t20-/m1/s1. The van der Waals surface area contributed by atoms with Crippen LogP contribution in [-0.2, 0) is 4.79 Å². The molecule has 28 heavy (non-hydrogen) atoms. The fourth-order valence-corrected chi connectivity index (χ4v) is 3.36. The zero-order valence-corrected chi connectivity index (χ0v) is 16.0. The molecule has 1 aliphatic rings. The number of nitrogens with zero attached hydrogens (tertiary/aromatic N) is 1. The number of piperazine rings is 1. The van der Waals surface area contributed by atoms with Gasteiger partial charge < -0.3 is 25.0 Å². The Morgan fingerprint density at radius 3 is 2.43 bits per heavy atom. The van der Waals surface area contributed by atoms with E-state index < -0.39 is 6.10 Å². The van der Waals surface area contributed by atoms with Crippen molar-refractivity contribution in [3.8, 4) is 5.75 Å². The number of halogens is 1. The van der Waals surface area contributed by atoms with Gasteiger partial charge in [0, 0.05) is 18.3 Å². The first kappa shape index (κ1) is 20.1. The van der Waals surface area contributed by atoms with E-state index in [0.717, 1.165) is 31.9 Å². The van der Waals surface area contributed by atoms with Gasteiger partial charge in [0.25, 0.3) is 0 Å². The maximum absolute atomic E-state index is 13.0. The van der Waals surface area contributed by atoms with Gasteiger partial charge in [-0.05, 0) is 48.5 Å². The second-order valence-electron chi connectivity index (χ2n) is 7.09. The number of amides is 1. The van der Waals surface area contributed by atoms with Crippen LogP contribution in [0.3, 0.4) is 0 Å². The van der Waals surface area contributed by atoms with Gasteiger partial charge in [-0.25, -0.2) is 4.39 Å². The van der Waals surface area contributed by atoms with Crippen LogP contribution < -0.4 is 19.9 Å². The Morgan fingerprint density at radius 2 is 1.82 bits per heavy atom. The van der Waals surface area contributed by atoms with Gasteiger partial charge in [-0.2, -0.15) is 0 Å². The minimum atomic E-state index is -0.553. The van der Waals surface area contributed by atoms with Gasteiger partial charge in [0.1, 0.15) is 30.8 Å². The Labute approximate surface area is 164 Å². The van der Waals surface area contributed by atoms with Crippen LogP contribution in [0.25, 0.3) is 0 Å². The lowest BCUT2D eigenvalue weighted by Gasteiger charge is -2.34. The normalized spacial score (nSPS) is 15.9. The van der Waals surface area contributed by atoms with E-state index in [-0.39, 0.29) is 18.3 Å². The van der Waals surface area contributed by atoms with Crippen molar-refractivity contribution in [3.63, 3.8) is 0 Å². The molecule has 0 bridgehead atoms. The molecular weight excluding hydrogens is 361 g/mol. The molecule has 1 atom stereocenters. The summed E-state index contributed by atoms with van der Waals surface area (Å²) >= 11 is 0. The number of carbonyl (C=O) groups is 1. The number of quaternary nitrogens is 1. The van der Waals surface area contributed by atoms with E-state index in [1.165, 1.54) is 24.0 Å². The number of rotatable bonds is 7. The summed E-state index contributed by atoms with van der Waals surface area (Å²) in [6, 6.07) is 13.7. The maximum Gasteiger partial charge on any atom is 0.221 e. The first-order chi connectivity index (χ1) is 13.5. The summed E-state index contributed by atoms with van der Waals surface area (Å²) in [7, 11) is 0. The van der Waals surface area contributed by atoms with E-state index in [9.17, 15) is 14.3 Å². The van der Waals surface area contributed by atoms with Crippen molar-refractivity contribution in [2.75, 3.05) is 49.5 Å². The molecule has 1 heterocycles. The molecule has 0 radical (unpaired) electrons. The SMILES string of the molecule is CC(=O)Nc1ccc(OC[C@H](O)C[NH+]2CCN(c3ccc(F)cc3)CC2)cc1. The topological polar surface area (TPSA) is 66.2 Å². The molecule has 0 aliphatic carbocycles. The summed E-state index contributed by atoms with van der Waals surface area (Å²) in [4.78, 5) is 14.6. The summed E-state index contributed by atoms with van der Waals surface area (Å²) in [5, 5.41) is 13.0. The lowest BCUT2D eigenvalue weighted by Crippen LogP contribution is -3.16. The number of carbonyl (C=O) groups excluding carboxylic acids is 1. The first-order valence-corrected chi connectivity index (χ1v) is 9.52. The van der Waals surface area contributed by atoms with Crippen molar-refractivity contribution < 1.29 is 23.9 Å². The highest BCUT2D eigenvalue weighted by molar-refractivity contribution is 5.88. The number of hydrogen-bond acceptors (Lipinski definition) is 4. The van der Waals surface area contributed by atoms with Gasteiger partial charge in [0.2, 0.25) is 5.91 Å².